The van der Waals surface area contributed by atoms with Crippen molar-refractivity contribution in [2.24, 2.45) is 11.1 Å². The molecule has 29 heavy (non-hydrogen) atoms. The van der Waals surface area contributed by atoms with E-state index < -0.39 is 15.9 Å². The van der Waals surface area contributed by atoms with Crippen molar-refractivity contribution in [3.05, 3.63) is 52.5 Å². The predicted molar refractivity (Wildman–Crippen MR) is 121 cm³/mol. The molecule has 0 atom stereocenters. The van der Waals surface area contributed by atoms with Crippen molar-refractivity contribution < 1.29 is 17.9 Å². The van der Waals surface area contributed by atoms with E-state index in [0.29, 0.717) is 34.0 Å². The summed E-state index contributed by atoms with van der Waals surface area (Å²) < 4.78 is 28.9. The second kappa shape index (κ2) is 10.1. The van der Waals surface area contributed by atoms with Crippen LogP contribution in [-0.4, -0.2) is 26.0 Å². The molecule has 0 aliphatic rings. The van der Waals surface area contributed by atoms with Crippen LogP contribution in [-0.2, 0) is 10.0 Å². The highest BCUT2D eigenvalue weighted by molar-refractivity contribution is 9.10. The molecule has 156 valence electrons. The molecule has 2 rings (SSSR count). The van der Waals surface area contributed by atoms with Crippen LogP contribution in [0.25, 0.3) is 0 Å². The normalized spacial score (nSPS) is 11.2. The Hall–Kier alpha value is -2.01. The van der Waals surface area contributed by atoms with E-state index in [2.05, 4.69) is 40.4 Å². The second-order valence-electron chi connectivity index (χ2n) is 6.65. The molecule has 2 aromatic carbocycles. The van der Waals surface area contributed by atoms with Gasteiger partial charge in [-0.25, -0.2) is 13.6 Å². The number of amides is 1. The fourth-order valence-electron chi connectivity index (χ4n) is 2.23. The first kappa shape index (κ1) is 23.3. The Morgan fingerprint density at radius 2 is 1.86 bits per heavy atom. The average Bonchev–Trinajstić information content (AvgIpc) is 2.62. The summed E-state index contributed by atoms with van der Waals surface area (Å²) in [4.78, 5) is 12.4. The van der Waals surface area contributed by atoms with Crippen LogP contribution in [0.2, 0.25) is 0 Å². The minimum atomic E-state index is -3.77. The van der Waals surface area contributed by atoms with E-state index >= 15 is 0 Å². The number of hydrogen-bond acceptors (Lipinski definition) is 5. The molecule has 0 spiro atoms. The number of halogens is 1. The van der Waals surface area contributed by atoms with E-state index in [1.54, 1.807) is 18.2 Å². The third-order valence-electron chi connectivity index (χ3n) is 3.81. The van der Waals surface area contributed by atoms with E-state index in [1.165, 1.54) is 24.3 Å². The van der Waals surface area contributed by atoms with Gasteiger partial charge in [0, 0.05) is 11.3 Å². The van der Waals surface area contributed by atoms with E-state index in [0.717, 1.165) is 6.42 Å². The number of ether oxygens (including phenoxy) is 1. The second-order valence-corrected chi connectivity index (χ2v) is 9.48. The van der Waals surface area contributed by atoms with Gasteiger partial charge in [-0.05, 0) is 83.0 Å². The smallest absolute Gasteiger partial charge is 0.257 e. The Bertz CT molecular complexity index is 993. The SMILES string of the molecule is CC(C)CCOc1ccc(C(=O)NC(=S)Nc2ccc(S(N)(=O)=O)cc2)cc1Br. The third kappa shape index (κ3) is 7.39. The summed E-state index contributed by atoms with van der Waals surface area (Å²) in [7, 11) is -3.77. The molecule has 0 unspecified atom stereocenters. The van der Waals surface area contributed by atoms with Crippen LogP contribution >= 0.6 is 28.1 Å². The van der Waals surface area contributed by atoms with Gasteiger partial charge in [-0.2, -0.15) is 0 Å². The largest absolute Gasteiger partial charge is 0.492 e. The molecule has 7 nitrogen and oxygen atoms in total. The number of carbonyl (C=O) groups is 1. The van der Waals surface area contributed by atoms with E-state index in [9.17, 15) is 13.2 Å². The molecule has 10 heteroatoms. The number of nitrogens with one attached hydrogen (secondary N) is 2. The minimum Gasteiger partial charge on any atom is -0.492 e. The van der Waals surface area contributed by atoms with Crippen molar-refractivity contribution in [1.29, 1.82) is 0 Å². The zero-order valence-corrected chi connectivity index (χ0v) is 19.2. The number of thiocarbonyl (C=S) groups is 1. The first-order valence-electron chi connectivity index (χ1n) is 8.74. The molecule has 1 amide bonds. The molecule has 0 aromatic heterocycles. The maximum Gasteiger partial charge on any atom is 0.257 e. The maximum absolute atomic E-state index is 12.4. The lowest BCUT2D eigenvalue weighted by molar-refractivity contribution is 0.0977. The highest BCUT2D eigenvalue weighted by Crippen LogP contribution is 2.26. The first-order chi connectivity index (χ1) is 13.6. The molecule has 0 aliphatic heterocycles. The predicted octanol–water partition coefficient (Wildman–Crippen LogP) is 3.65. The van der Waals surface area contributed by atoms with Gasteiger partial charge in [0.1, 0.15) is 5.75 Å². The molecule has 0 saturated carbocycles. The number of hydrogen-bond donors (Lipinski definition) is 3. The van der Waals surface area contributed by atoms with E-state index in [4.69, 9.17) is 22.1 Å². The standard InChI is InChI=1S/C19H22BrN3O4S2/c1-12(2)9-10-27-17-8-3-13(11-16(17)20)18(24)23-19(28)22-14-4-6-15(7-5-14)29(21,25)26/h3-8,11-12H,9-10H2,1-2H3,(H2,21,25,26)(H2,22,23,24,28). The molecular formula is C19H22BrN3O4S2. The molecule has 0 bridgehead atoms. The monoisotopic (exact) mass is 499 g/mol. The Morgan fingerprint density at radius 3 is 2.41 bits per heavy atom. The van der Waals surface area contributed by atoms with Gasteiger partial charge in [0.2, 0.25) is 10.0 Å². The van der Waals surface area contributed by atoms with Gasteiger partial charge in [0.15, 0.2) is 5.11 Å². The number of carbonyl (C=O) groups excluding carboxylic acids is 1. The summed E-state index contributed by atoms with van der Waals surface area (Å²) in [6.45, 7) is 4.84. The summed E-state index contributed by atoms with van der Waals surface area (Å²) in [6, 6.07) is 10.7. The highest BCUT2D eigenvalue weighted by Gasteiger charge is 2.12. The Balaban J connectivity index is 1.95. The lowest BCUT2D eigenvalue weighted by Gasteiger charge is -2.12. The van der Waals surface area contributed by atoms with Gasteiger partial charge in [0.05, 0.1) is 16.0 Å². The van der Waals surface area contributed by atoms with Crippen LogP contribution in [0.15, 0.2) is 51.8 Å². The number of primary sulfonamides is 1. The molecule has 0 heterocycles. The zero-order valence-electron chi connectivity index (χ0n) is 15.9. The number of anilines is 1. The van der Waals surface area contributed by atoms with Crippen LogP contribution in [0.1, 0.15) is 30.6 Å². The number of sulfonamides is 1. The van der Waals surface area contributed by atoms with Crippen LogP contribution in [0.5, 0.6) is 5.75 Å². The van der Waals surface area contributed by atoms with Crippen LogP contribution < -0.4 is 20.5 Å². The molecule has 0 saturated heterocycles. The fourth-order valence-corrected chi connectivity index (χ4v) is 3.45. The summed E-state index contributed by atoms with van der Waals surface area (Å²) >= 11 is 8.55. The maximum atomic E-state index is 12.4. The van der Waals surface area contributed by atoms with E-state index in [1.807, 2.05) is 0 Å². The fraction of sp³-hybridized carbons (Fsp3) is 0.263. The van der Waals surface area contributed by atoms with Gasteiger partial charge in [-0.15, -0.1) is 0 Å². The lowest BCUT2D eigenvalue weighted by Crippen LogP contribution is -2.34. The van der Waals surface area contributed by atoms with Crippen molar-refractivity contribution >= 4 is 54.9 Å². The van der Waals surface area contributed by atoms with Crippen molar-refractivity contribution in [2.75, 3.05) is 11.9 Å². The molecular weight excluding hydrogens is 478 g/mol. The van der Waals surface area contributed by atoms with Gasteiger partial charge < -0.3 is 10.1 Å². The molecule has 4 N–H and O–H groups in total. The molecule has 0 fully saturated rings. The van der Waals surface area contributed by atoms with Crippen molar-refractivity contribution in [3.8, 4) is 5.75 Å². The van der Waals surface area contributed by atoms with Crippen LogP contribution in [0.3, 0.4) is 0 Å². The molecule has 0 aliphatic carbocycles. The van der Waals surface area contributed by atoms with Crippen LogP contribution in [0.4, 0.5) is 5.69 Å². The number of nitrogens with two attached hydrogens (primary N) is 1. The summed E-state index contributed by atoms with van der Waals surface area (Å²) in [5.41, 5.74) is 0.916. The lowest BCUT2D eigenvalue weighted by atomic mass is 10.1. The number of benzene rings is 2. The van der Waals surface area contributed by atoms with Crippen molar-refractivity contribution in [2.45, 2.75) is 25.2 Å². The number of rotatable bonds is 7. The topological polar surface area (TPSA) is 111 Å². The van der Waals surface area contributed by atoms with Crippen LogP contribution in [0, 0.1) is 5.92 Å². The zero-order chi connectivity index (χ0) is 21.6. The summed E-state index contributed by atoms with van der Waals surface area (Å²) in [6.07, 6.45) is 0.937. The van der Waals surface area contributed by atoms with Gasteiger partial charge in [-0.3, -0.25) is 10.1 Å². The van der Waals surface area contributed by atoms with Gasteiger partial charge in [0.25, 0.3) is 5.91 Å². The Labute approximate surface area is 184 Å². The third-order valence-corrected chi connectivity index (χ3v) is 5.57. The average molecular weight is 500 g/mol. The molecule has 2 aromatic rings. The summed E-state index contributed by atoms with van der Waals surface area (Å²) in [5.74, 6) is 0.819. The van der Waals surface area contributed by atoms with Crippen molar-refractivity contribution in [1.82, 2.24) is 5.32 Å². The molecule has 0 radical (unpaired) electrons. The quantitative estimate of drug-likeness (QED) is 0.501. The van der Waals surface area contributed by atoms with Gasteiger partial charge >= 0.3 is 0 Å². The summed E-state index contributed by atoms with van der Waals surface area (Å²) in [5, 5.41) is 10.5. The van der Waals surface area contributed by atoms with Crippen molar-refractivity contribution in [3.63, 3.8) is 0 Å². The van der Waals surface area contributed by atoms with Gasteiger partial charge in [-0.1, -0.05) is 13.8 Å². The Morgan fingerprint density at radius 1 is 1.21 bits per heavy atom. The Kier molecular flexibility index (Phi) is 8.14. The van der Waals surface area contributed by atoms with E-state index in [-0.39, 0.29) is 10.0 Å². The minimum absolute atomic E-state index is 0.0152. The highest BCUT2D eigenvalue weighted by atomic mass is 79.9. The first-order valence-corrected chi connectivity index (χ1v) is 11.5.